The van der Waals surface area contributed by atoms with Crippen molar-refractivity contribution in [1.29, 1.82) is 5.26 Å². The topological polar surface area (TPSA) is 82.1 Å². The lowest BCUT2D eigenvalue weighted by Gasteiger charge is -2.22. The second kappa shape index (κ2) is 5.17. The first kappa shape index (κ1) is 13.5. The molecule has 0 fully saturated rings. The highest BCUT2D eigenvalue weighted by Gasteiger charge is 2.14. The summed E-state index contributed by atoms with van der Waals surface area (Å²) in [5, 5.41) is 21.8. The Bertz CT molecular complexity index is 429. The number of aliphatic hydroxyl groups excluding tert-OH is 1. The average molecular weight is 233 g/mol. The number of hydrogen-bond acceptors (Lipinski definition) is 4. The standard InChI is InChI=1S/C13H19N3O/c1-13(2,3)8-16-12(17)9-4-5-11(15)10(6-9)7-14/h4-6,12,16-17H,8,15H2,1-3H3. The largest absolute Gasteiger partial charge is 0.398 e. The predicted molar refractivity (Wildman–Crippen MR) is 68.0 cm³/mol. The highest BCUT2D eigenvalue weighted by Crippen LogP contribution is 2.19. The molecule has 1 rings (SSSR count). The quantitative estimate of drug-likeness (QED) is 0.549. The lowest BCUT2D eigenvalue weighted by atomic mass is 9.96. The molecule has 0 spiro atoms. The van der Waals surface area contributed by atoms with Gasteiger partial charge in [0, 0.05) is 12.2 Å². The van der Waals surface area contributed by atoms with Gasteiger partial charge in [0.05, 0.1) is 5.56 Å². The third-order valence-electron chi connectivity index (χ3n) is 2.34. The molecule has 4 heteroatoms. The van der Waals surface area contributed by atoms with Gasteiger partial charge in [0.15, 0.2) is 0 Å². The van der Waals surface area contributed by atoms with E-state index in [1.807, 2.05) is 6.07 Å². The molecule has 0 bridgehead atoms. The number of hydrogen-bond donors (Lipinski definition) is 3. The van der Waals surface area contributed by atoms with Gasteiger partial charge in [-0.2, -0.15) is 5.26 Å². The van der Waals surface area contributed by atoms with Gasteiger partial charge in [0.2, 0.25) is 0 Å². The van der Waals surface area contributed by atoms with E-state index in [2.05, 4.69) is 26.1 Å². The maximum Gasteiger partial charge on any atom is 0.131 e. The molecule has 0 heterocycles. The maximum absolute atomic E-state index is 9.93. The second-order valence-electron chi connectivity index (χ2n) is 5.30. The summed E-state index contributed by atoms with van der Waals surface area (Å²) >= 11 is 0. The molecule has 4 N–H and O–H groups in total. The third kappa shape index (κ3) is 4.06. The summed E-state index contributed by atoms with van der Waals surface area (Å²) in [4.78, 5) is 0. The van der Waals surface area contributed by atoms with E-state index in [0.29, 0.717) is 23.4 Å². The highest BCUT2D eigenvalue weighted by molar-refractivity contribution is 5.55. The van der Waals surface area contributed by atoms with Crippen LogP contribution in [0.1, 0.15) is 38.1 Å². The van der Waals surface area contributed by atoms with Gasteiger partial charge in [0.1, 0.15) is 12.3 Å². The molecule has 0 saturated carbocycles. The van der Waals surface area contributed by atoms with Crippen LogP contribution in [-0.4, -0.2) is 11.7 Å². The molecular formula is C13H19N3O. The molecule has 0 amide bonds. The lowest BCUT2D eigenvalue weighted by molar-refractivity contribution is 0.125. The third-order valence-corrected chi connectivity index (χ3v) is 2.34. The molecule has 1 aromatic rings. The number of nitrogen functional groups attached to an aromatic ring is 1. The minimum atomic E-state index is -0.776. The van der Waals surface area contributed by atoms with E-state index in [9.17, 15) is 5.11 Å². The Morgan fingerprint density at radius 3 is 2.65 bits per heavy atom. The fourth-order valence-corrected chi connectivity index (χ4v) is 1.36. The van der Waals surface area contributed by atoms with Gasteiger partial charge in [-0.25, -0.2) is 0 Å². The molecule has 1 aromatic carbocycles. The number of anilines is 1. The van der Waals surface area contributed by atoms with Crippen molar-refractivity contribution in [1.82, 2.24) is 5.32 Å². The molecular weight excluding hydrogens is 214 g/mol. The minimum absolute atomic E-state index is 0.0901. The van der Waals surface area contributed by atoms with Crippen molar-refractivity contribution in [3.8, 4) is 6.07 Å². The van der Waals surface area contributed by atoms with Gasteiger partial charge < -0.3 is 10.8 Å². The van der Waals surface area contributed by atoms with E-state index in [0.717, 1.165) is 0 Å². The number of nitrogens with zero attached hydrogens (tertiary/aromatic N) is 1. The van der Waals surface area contributed by atoms with Crippen LogP contribution < -0.4 is 11.1 Å². The Morgan fingerprint density at radius 1 is 1.47 bits per heavy atom. The number of nitrogens with two attached hydrogens (primary N) is 1. The van der Waals surface area contributed by atoms with Crippen LogP contribution in [0.2, 0.25) is 0 Å². The van der Waals surface area contributed by atoms with Gasteiger partial charge in [-0.1, -0.05) is 26.8 Å². The number of benzene rings is 1. The van der Waals surface area contributed by atoms with E-state index >= 15 is 0 Å². The van der Waals surface area contributed by atoms with Crippen molar-refractivity contribution in [2.45, 2.75) is 27.0 Å². The summed E-state index contributed by atoms with van der Waals surface area (Å²) in [6.07, 6.45) is -0.776. The van der Waals surface area contributed by atoms with Crippen LogP contribution in [0, 0.1) is 16.7 Å². The van der Waals surface area contributed by atoms with Crippen LogP contribution in [0.15, 0.2) is 18.2 Å². The first-order valence-corrected chi connectivity index (χ1v) is 5.54. The fourth-order valence-electron chi connectivity index (χ4n) is 1.36. The Hall–Kier alpha value is -1.57. The molecule has 0 radical (unpaired) electrons. The second-order valence-corrected chi connectivity index (χ2v) is 5.30. The van der Waals surface area contributed by atoms with Crippen LogP contribution in [0.25, 0.3) is 0 Å². The van der Waals surface area contributed by atoms with Crippen molar-refractivity contribution in [2.24, 2.45) is 5.41 Å². The highest BCUT2D eigenvalue weighted by atomic mass is 16.3. The number of nitrogens with one attached hydrogen (secondary N) is 1. The fraction of sp³-hybridized carbons (Fsp3) is 0.462. The Balaban J connectivity index is 2.77. The summed E-state index contributed by atoms with van der Waals surface area (Å²) < 4.78 is 0. The van der Waals surface area contributed by atoms with E-state index in [1.165, 1.54) is 0 Å². The Kier molecular flexibility index (Phi) is 4.11. The SMILES string of the molecule is CC(C)(C)CNC(O)c1ccc(N)c(C#N)c1. The number of aliphatic hydroxyl groups is 1. The van der Waals surface area contributed by atoms with Gasteiger partial charge in [0.25, 0.3) is 0 Å². The van der Waals surface area contributed by atoms with Gasteiger partial charge in [-0.05, 0) is 23.1 Å². The van der Waals surface area contributed by atoms with Crippen LogP contribution in [0.4, 0.5) is 5.69 Å². The monoisotopic (exact) mass is 233 g/mol. The molecule has 0 aromatic heterocycles. The number of rotatable bonds is 3. The molecule has 0 aliphatic heterocycles. The minimum Gasteiger partial charge on any atom is -0.398 e. The van der Waals surface area contributed by atoms with Gasteiger partial charge >= 0.3 is 0 Å². The maximum atomic E-state index is 9.93. The molecule has 0 aliphatic rings. The molecule has 4 nitrogen and oxygen atoms in total. The molecule has 0 aliphatic carbocycles. The van der Waals surface area contributed by atoms with E-state index in [4.69, 9.17) is 11.0 Å². The summed E-state index contributed by atoms with van der Waals surface area (Å²) in [6, 6.07) is 6.96. The normalized spacial score (nSPS) is 13.1. The summed E-state index contributed by atoms with van der Waals surface area (Å²) in [7, 11) is 0. The zero-order valence-corrected chi connectivity index (χ0v) is 10.5. The molecule has 17 heavy (non-hydrogen) atoms. The van der Waals surface area contributed by atoms with Gasteiger partial charge in [-0.3, -0.25) is 5.32 Å². The Morgan fingerprint density at radius 2 is 2.12 bits per heavy atom. The van der Waals surface area contributed by atoms with Crippen molar-refractivity contribution in [3.63, 3.8) is 0 Å². The predicted octanol–water partition coefficient (Wildman–Crippen LogP) is 1.77. The van der Waals surface area contributed by atoms with Crippen LogP contribution >= 0.6 is 0 Å². The van der Waals surface area contributed by atoms with Crippen molar-refractivity contribution in [2.75, 3.05) is 12.3 Å². The average Bonchev–Trinajstić information content (AvgIpc) is 2.25. The lowest BCUT2D eigenvalue weighted by Crippen LogP contribution is -2.30. The zero-order valence-electron chi connectivity index (χ0n) is 10.5. The smallest absolute Gasteiger partial charge is 0.131 e. The summed E-state index contributed by atoms with van der Waals surface area (Å²) in [6.45, 7) is 6.92. The summed E-state index contributed by atoms with van der Waals surface area (Å²) in [5.74, 6) is 0. The van der Waals surface area contributed by atoms with Gasteiger partial charge in [-0.15, -0.1) is 0 Å². The van der Waals surface area contributed by atoms with E-state index in [1.54, 1.807) is 18.2 Å². The molecule has 1 atom stereocenters. The van der Waals surface area contributed by atoms with Crippen molar-refractivity contribution < 1.29 is 5.11 Å². The Labute approximate surface area is 102 Å². The number of nitriles is 1. The van der Waals surface area contributed by atoms with Crippen LogP contribution in [-0.2, 0) is 0 Å². The van der Waals surface area contributed by atoms with Crippen LogP contribution in [0.5, 0.6) is 0 Å². The summed E-state index contributed by atoms with van der Waals surface area (Å²) in [5.41, 5.74) is 7.18. The van der Waals surface area contributed by atoms with Crippen molar-refractivity contribution >= 4 is 5.69 Å². The van der Waals surface area contributed by atoms with E-state index in [-0.39, 0.29) is 5.41 Å². The van der Waals surface area contributed by atoms with E-state index < -0.39 is 6.23 Å². The molecule has 0 saturated heterocycles. The first-order chi connectivity index (χ1) is 7.83. The molecule has 92 valence electrons. The zero-order chi connectivity index (χ0) is 13.1. The van der Waals surface area contributed by atoms with Crippen molar-refractivity contribution in [3.05, 3.63) is 29.3 Å². The molecule has 1 unspecified atom stereocenters. The van der Waals surface area contributed by atoms with Crippen LogP contribution in [0.3, 0.4) is 0 Å². The first-order valence-electron chi connectivity index (χ1n) is 5.54.